The number of thiazole rings is 1. The number of rotatable bonds is 6. The number of hydrogen-bond acceptors (Lipinski definition) is 4. The molecule has 3 aromatic rings. The molecule has 0 saturated heterocycles. The van der Waals surface area contributed by atoms with Crippen LogP contribution in [0, 0.1) is 6.92 Å². The minimum absolute atomic E-state index is 0.105. The van der Waals surface area contributed by atoms with E-state index < -0.39 is 0 Å². The number of nitrogens with zero attached hydrogens (tertiary/aromatic N) is 2. The van der Waals surface area contributed by atoms with Gasteiger partial charge in [0.25, 0.3) is 5.91 Å². The number of ether oxygens (including phenoxy) is 1. The van der Waals surface area contributed by atoms with Crippen molar-refractivity contribution < 1.29 is 9.53 Å². The van der Waals surface area contributed by atoms with Crippen molar-refractivity contribution in [3.8, 4) is 5.75 Å². The Bertz CT molecular complexity index is 1000. The van der Waals surface area contributed by atoms with Gasteiger partial charge in [0.05, 0.1) is 16.3 Å². The van der Waals surface area contributed by atoms with E-state index >= 15 is 0 Å². The lowest BCUT2D eigenvalue weighted by Crippen LogP contribution is -2.18. The summed E-state index contributed by atoms with van der Waals surface area (Å²) in [6.07, 6.45) is 2.19. The monoisotopic (exact) mass is 400 g/mol. The van der Waals surface area contributed by atoms with E-state index in [9.17, 15) is 4.79 Å². The van der Waals surface area contributed by atoms with Crippen molar-refractivity contribution in [2.24, 2.45) is 4.99 Å². The Morgan fingerprint density at radius 1 is 1.22 bits per heavy atom. The van der Waals surface area contributed by atoms with Crippen molar-refractivity contribution >= 4 is 39.2 Å². The molecule has 6 heteroatoms. The summed E-state index contributed by atoms with van der Waals surface area (Å²) in [4.78, 5) is 17.9. The predicted molar refractivity (Wildman–Crippen MR) is 115 cm³/mol. The Hall–Kier alpha value is -2.05. The first-order valence-electron chi connectivity index (χ1n) is 8.92. The second kappa shape index (κ2) is 8.76. The van der Waals surface area contributed by atoms with E-state index in [1.165, 1.54) is 5.56 Å². The topological polar surface area (TPSA) is 43.6 Å². The van der Waals surface area contributed by atoms with Gasteiger partial charge in [-0.25, -0.2) is 0 Å². The van der Waals surface area contributed by atoms with E-state index in [0.717, 1.165) is 33.1 Å². The molecule has 0 atom stereocenters. The zero-order valence-electron chi connectivity index (χ0n) is 16.1. The van der Waals surface area contributed by atoms with Crippen LogP contribution in [0.25, 0.3) is 10.2 Å². The smallest absolute Gasteiger partial charge is 0.279 e. The fraction of sp³-hybridized carbons (Fsp3) is 0.333. The minimum Gasteiger partial charge on any atom is -0.491 e. The maximum Gasteiger partial charge on any atom is 0.279 e. The number of fused-ring (bicyclic) bond motifs is 1. The number of aryl methyl sites for hydroxylation is 2. The molecule has 0 N–H and O–H groups in total. The number of benzene rings is 2. The number of amides is 1. The third kappa shape index (κ3) is 4.82. The van der Waals surface area contributed by atoms with Crippen molar-refractivity contribution in [1.82, 2.24) is 4.57 Å². The molecule has 1 aromatic heterocycles. The average Bonchev–Trinajstić information content (AvgIpc) is 2.96. The molecule has 27 heavy (non-hydrogen) atoms. The molecular formula is C21H24N2O2S2. The summed E-state index contributed by atoms with van der Waals surface area (Å²) in [5, 5.41) is 0. The Morgan fingerprint density at radius 3 is 2.63 bits per heavy atom. The van der Waals surface area contributed by atoms with Crippen LogP contribution in [-0.4, -0.2) is 28.6 Å². The predicted octanol–water partition coefficient (Wildman–Crippen LogP) is 4.90. The third-order valence-electron chi connectivity index (χ3n) is 4.03. The maximum absolute atomic E-state index is 12.7. The highest BCUT2D eigenvalue weighted by atomic mass is 32.2. The molecule has 1 heterocycles. The van der Waals surface area contributed by atoms with Crippen LogP contribution in [0.15, 0.2) is 47.5 Å². The van der Waals surface area contributed by atoms with E-state index in [1.807, 2.05) is 26.0 Å². The lowest BCUT2D eigenvalue weighted by atomic mass is 10.2. The highest BCUT2D eigenvalue weighted by Crippen LogP contribution is 2.20. The van der Waals surface area contributed by atoms with Gasteiger partial charge in [-0.05, 0) is 69.0 Å². The molecule has 3 rings (SSSR count). The van der Waals surface area contributed by atoms with Crippen molar-refractivity contribution in [3.05, 3.63) is 58.4 Å². The minimum atomic E-state index is -0.229. The van der Waals surface area contributed by atoms with Crippen LogP contribution in [0.1, 0.15) is 29.8 Å². The number of hydrogen-bond donors (Lipinski definition) is 0. The third-order valence-corrected chi connectivity index (χ3v) is 5.66. The summed E-state index contributed by atoms with van der Waals surface area (Å²) < 4.78 is 8.93. The highest BCUT2D eigenvalue weighted by Gasteiger charge is 2.10. The molecule has 0 radical (unpaired) electrons. The maximum atomic E-state index is 12.7. The summed E-state index contributed by atoms with van der Waals surface area (Å²) in [6.45, 7) is 6.86. The van der Waals surface area contributed by atoms with Crippen LogP contribution in [0.3, 0.4) is 0 Å². The first kappa shape index (κ1) is 19.7. The number of carbonyl (C=O) groups excluding carboxylic acids is 1. The molecule has 1 amide bonds. The van der Waals surface area contributed by atoms with E-state index in [0.29, 0.717) is 5.56 Å². The lowest BCUT2D eigenvalue weighted by Gasteiger charge is -2.09. The van der Waals surface area contributed by atoms with Crippen LogP contribution in [0.5, 0.6) is 5.75 Å². The van der Waals surface area contributed by atoms with Crippen LogP contribution in [0.2, 0.25) is 0 Å². The summed E-state index contributed by atoms with van der Waals surface area (Å²) in [5.41, 5.74) is 2.91. The zero-order valence-corrected chi connectivity index (χ0v) is 17.7. The van der Waals surface area contributed by atoms with Gasteiger partial charge in [0, 0.05) is 17.9 Å². The van der Waals surface area contributed by atoms with Gasteiger partial charge in [-0.2, -0.15) is 16.8 Å². The van der Waals surface area contributed by atoms with Crippen molar-refractivity contribution in [3.63, 3.8) is 0 Å². The Balaban J connectivity index is 1.97. The average molecular weight is 401 g/mol. The highest BCUT2D eigenvalue weighted by molar-refractivity contribution is 7.98. The quantitative estimate of drug-likeness (QED) is 0.591. The van der Waals surface area contributed by atoms with Gasteiger partial charge >= 0.3 is 0 Å². The molecule has 0 aliphatic heterocycles. The molecule has 0 spiro atoms. The molecule has 0 aliphatic carbocycles. The molecule has 2 aromatic carbocycles. The normalized spacial score (nSPS) is 12.1. The Labute approximate surface area is 167 Å². The molecule has 0 fully saturated rings. The van der Waals surface area contributed by atoms with Crippen molar-refractivity contribution in [1.29, 1.82) is 0 Å². The lowest BCUT2D eigenvalue weighted by molar-refractivity contribution is 0.0998. The summed E-state index contributed by atoms with van der Waals surface area (Å²) in [5.74, 6) is 1.50. The molecule has 0 bridgehead atoms. The largest absolute Gasteiger partial charge is 0.491 e. The van der Waals surface area contributed by atoms with Crippen molar-refractivity contribution in [2.45, 2.75) is 33.4 Å². The SMILES string of the molecule is CSCCn1c(=NC(=O)c2ccc(OC(C)C)cc2)sc2cc(C)ccc21. The second-order valence-corrected chi connectivity index (χ2v) is 8.60. The first-order chi connectivity index (χ1) is 13.0. The van der Waals surface area contributed by atoms with Gasteiger partial charge in [0.1, 0.15) is 5.75 Å². The van der Waals surface area contributed by atoms with Crippen molar-refractivity contribution in [2.75, 3.05) is 12.0 Å². The second-order valence-electron chi connectivity index (χ2n) is 6.61. The molecule has 0 unspecified atom stereocenters. The van der Waals surface area contributed by atoms with E-state index in [4.69, 9.17) is 4.74 Å². The molecule has 0 aliphatic rings. The van der Waals surface area contributed by atoms with Crippen LogP contribution in [0.4, 0.5) is 0 Å². The fourth-order valence-corrected chi connectivity index (χ4v) is 4.28. The summed E-state index contributed by atoms with van der Waals surface area (Å²) in [7, 11) is 0. The van der Waals surface area contributed by atoms with E-state index in [1.54, 1.807) is 35.2 Å². The molecule has 0 saturated carbocycles. The van der Waals surface area contributed by atoms with Gasteiger partial charge in [-0.15, -0.1) is 0 Å². The zero-order chi connectivity index (χ0) is 19.4. The summed E-state index contributed by atoms with van der Waals surface area (Å²) in [6, 6.07) is 13.5. The number of thioether (sulfide) groups is 1. The van der Waals surface area contributed by atoms with Gasteiger partial charge in [0.2, 0.25) is 0 Å². The first-order valence-corrected chi connectivity index (χ1v) is 11.1. The Kier molecular flexibility index (Phi) is 6.39. The fourth-order valence-electron chi connectivity index (χ4n) is 2.76. The van der Waals surface area contributed by atoms with Gasteiger partial charge in [0.15, 0.2) is 4.80 Å². The van der Waals surface area contributed by atoms with E-state index in [-0.39, 0.29) is 12.0 Å². The van der Waals surface area contributed by atoms with Gasteiger partial charge < -0.3 is 9.30 Å². The van der Waals surface area contributed by atoms with Gasteiger partial charge in [-0.1, -0.05) is 17.4 Å². The molecule has 4 nitrogen and oxygen atoms in total. The Morgan fingerprint density at radius 2 is 1.96 bits per heavy atom. The van der Waals surface area contributed by atoms with E-state index in [2.05, 4.69) is 40.9 Å². The van der Waals surface area contributed by atoms with Crippen LogP contribution in [-0.2, 0) is 6.54 Å². The standard InChI is InChI=1S/C21H24N2O2S2/c1-14(2)25-17-8-6-16(7-9-17)20(24)22-21-23(11-12-26-4)18-10-5-15(3)13-19(18)27-21/h5-10,13-14H,11-12H2,1-4H3. The van der Waals surface area contributed by atoms with Crippen LogP contribution >= 0.6 is 23.1 Å². The van der Waals surface area contributed by atoms with Gasteiger partial charge in [-0.3, -0.25) is 4.79 Å². The number of aromatic nitrogens is 1. The number of carbonyl (C=O) groups is 1. The molecular weight excluding hydrogens is 376 g/mol. The summed E-state index contributed by atoms with van der Waals surface area (Å²) >= 11 is 3.35. The van der Waals surface area contributed by atoms with Crippen LogP contribution < -0.4 is 9.54 Å². The molecule has 142 valence electrons.